The lowest BCUT2D eigenvalue weighted by Gasteiger charge is -2.12. The van der Waals surface area contributed by atoms with E-state index in [1.165, 1.54) is 30.1 Å². The van der Waals surface area contributed by atoms with E-state index >= 15 is 0 Å². The number of halogens is 1. The number of imidazole rings is 1. The fourth-order valence-corrected chi connectivity index (χ4v) is 2.67. The minimum atomic E-state index is -0.418. The van der Waals surface area contributed by atoms with Gasteiger partial charge in [0.1, 0.15) is 11.5 Å². The Labute approximate surface area is 138 Å². The Morgan fingerprint density at radius 1 is 1.43 bits per heavy atom. The highest BCUT2D eigenvalue weighted by Gasteiger charge is 2.17. The van der Waals surface area contributed by atoms with E-state index in [2.05, 4.69) is 10.3 Å². The number of nitrogens with one attached hydrogen (secondary N) is 1. The van der Waals surface area contributed by atoms with Crippen molar-refractivity contribution in [2.24, 2.45) is 0 Å². The van der Waals surface area contributed by atoms with Gasteiger partial charge in [-0.1, -0.05) is 18.7 Å². The lowest BCUT2D eigenvalue weighted by Crippen LogP contribution is -2.28. The van der Waals surface area contributed by atoms with Crippen molar-refractivity contribution in [3.8, 4) is 5.69 Å². The molecule has 1 heterocycles. The lowest BCUT2D eigenvalue weighted by atomic mass is 10.2. The van der Waals surface area contributed by atoms with Crippen LogP contribution in [-0.2, 0) is 0 Å². The maximum absolute atomic E-state index is 13.1. The average molecular weight is 337 g/mol. The van der Waals surface area contributed by atoms with Gasteiger partial charge in [-0.3, -0.25) is 9.36 Å². The molecule has 1 aromatic heterocycles. The van der Waals surface area contributed by atoms with Gasteiger partial charge in [-0.2, -0.15) is 0 Å². The van der Waals surface area contributed by atoms with Crippen LogP contribution in [0.4, 0.5) is 4.39 Å². The maximum atomic E-state index is 13.1. The zero-order chi connectivity index (χ0) is 16.8. The van der Waals surface area contributed by atoms with Crippen LogP contribution in [0.5, 0.6) is 0 Å². The SMILES string of the molecule is CCC(O)CCNC(=O)c1cnc(SC)n1-c1ccc(F)cc1. The van der Waals surface area contributed by atoms with Crippen LogP contribution in [0.2, 0.25) is 0 Å². The maximum Gasteiger partial charge on any atom is 0.269 e. The van der Waals surface area contributed by atoms with E-state index in [1.54, 1.807) is 16.7 Å². The van der Waals surface area contributed by atoms with E-state index in [0.717, 1.165) is 0 Å². The molecule has 1 amide bonds. The number of aliphatic hydroxyl groups excluding tert-OH is 1. The van der Waals surface area contributed by atoms with Crippen LogP contribution in [0.1, 0.15) is 30.3 Å². The monoisotopic (exact) mass is 337 g/mol. The Morgan fingerprint density at radius 2 is 2.13 bits per heavy atom. The third kappa shape index (κ3) is 4.33. The fraction of sp³-hybridized carbons (Fsp3) is 0.375. The van der Waals surface area contributed by atoms with Gasteiger partial charge in [-0.25, -0.2) is 9.37 Å². The summed E-state index contributed by atoms with van der Waals surface area (Å²) in [6.07, 6.45) is 4.10. The molecule has 23 heavy (non-hydrogen) atoms. The molecule has 1 atom stereocenters. The van der Waals surface area contributed by atoms with Crippen LogP contribution in [0, 0.1) is 5.82 Å². The highest BCUT2D eigenvalue weighted by molar-refractivity contribution is 7.98. The molecule has 0 saturated heterocycles. The largest absolute Gasteiger partial charge is 0.393 e. The average Bonchev–Trinajstić information content (AvgIpc) is 2.99. The molecule has 1 aromatic carbocycles. The minimum absolute atomic E-state index is 0.273. The van der Waals surface area contributed by atoms with E-state index in [9.17, 15) is 14.3 Å². The first-order valence-corrected chi connectivity index (χ1v) is 8.63. The topological polar surface area (TPSA) is 67.2 Å². The van der Waals surface area contributed by atoms with Crippen molar-refractivity contribution in [2.45, 2.75) is 31.0 Å². The Kier molecular flexibility index (Phi) is 6.18. The summed E-state index contributed by atoms with van der Waals surface area (Å²) in [5.41, 5.74) is 1.05. The second-order valence-corrected chi connectivity index (χ2v) is 5.82. The predicted octanol–water partition coefficient (Wildman–Crippen LogP) is 2.62. The molecule has 0 aliphatic rings. The Balaban J connectivity index is 2.20. The van der Waals surface area contributed by atoms with E-state index in [-0.39, 0.29) is 11.7 Å². The van der Waals surface area contributed by atoms with Gasteiger partial charge in [0.05, 0.1) is 12.3 Å². The summed E-state index contributed by atoms with van der Waals surface area (Å²) in [4.78, 5) is 16.6. The first-order valence-electron chi connectivity index (χ1n) is 7.40. The molecule has 0 radical (unpaired) electrons. The number of amides is 1. The van der Waals surface area contributed by atoms with Gasteiger partial charge >= 0.3 is 0 Å². The summed E-state index contributed by atoms with van der Waals surface area (Å²) in [6, 6.07) is 5.90. The molecule has 2 N–H and O–H groups in total. The molecule has 0 aliphatic heterocycles. The first kappa shape index (κ1) is 17.5. The summed E-state index contributed by atoms with van der Waals surface area (Å²) in [5, 5.41) is 13.0. The van der Waals surface area contributed by atoms with Gasteiger partial charge < -0.3 is 10.4 Å². The van der Waals surface area contributed by atoms with Gasteiger partial charge in [0.25, 0.3) is 5.91 Å². The molecule has 0 bridgehead atoms. The molecule has 2 rings (SSSR count). The molecule has 5 nitrogen and oxygen atoms in total. The van der Waals surface area contributed by atoms with Crippen LogP contribution in [0.25, 0.3) is 5.69 Å². The number of nitrogens with zero attached hydrogens (tertiary/aromatic N) is 2. The molecule has 0 fully saturated rings. The van der Waals surface area contributed by atoms with Crippen molar-refractivity contribution in [1.29, 1.82) is 0 Å². The van der Waals surface area contributed by atoms with Crippen molar-refractivity contribution in [3.05, 3.63) is 42.0 Å². The normalized spacial score (nSPS) is 12.2. The zero-order valence-electron chi connectivity index (χ0n) is 13.1. The Hall–Kier alpha value is -1.86. The second kappa shape index (κ2) is 8.12. The zero-order valence-corrected chi connectivity index (χ0v) is 13.9. The third-order valence-corrected chi connectivity index (χ3v) is 4.12. The Morgan fingerprint density at radius 3 is 2.74 bits per heavy atom. The molecule has 2 aromatic rings. The number of rotatable bonds is 7. The number of thioether (sulfide) groups is 1. The molecule has 0 saturated carbocycles. The summed E-state index contributed by atoms with van der Waals surface area (Å²) < 4.78 is 14.8. The molecule has 124 valence electrons. The van der Waals surface area contributed by atoms with Crippen LogP contribution in [0.3, 0.4) is 0 Å². The number of aliphatic hydroxyl groups is 1. The van der Waals surface area contributed by atoms with Crippen LogP contribution in [0.15, 0.2) is 35.6 Å². The molecule has 0 aliphatic carbocycles. The number of carbonyl (C=O) groups excluding carboxylic acids is 1. The summed E-state index contributed by atoms with van der Waals surface area (Å²) in [7, 11) is 0. The second-order valence-electron chi connectivity index (χ2n) is 5.05. The Bertz CT molecular complexity index is 658. The highest BCUT2D eigenvalue weighted by atomic mass is 32.2. The predicted molar refractivity (Wildman–Crippen MR) is 88.6 cm³/mol. The van der Waals surface area contributed by atoms with Gasteiger partial charge in [0, 0.05) is 12.2 Å². The van der Waals surface area contributed by atoms with Gasteiger partial charge in [-0.15, -0.1) is 0 Å². The smallest absolute Gasteiger partial charge is 0.269 e. The van der Waals surface area contributed by atoms with E-state index in [4.69, 9.17) is 0 Å². The number of aromatic nitrogens is 2. The molecule has 7 heteroatoms. The van der Waals surface area contributed by atoms with E-state index in [0.29, 0.717) is 35.9 Å². The number of benzene rings is 1. The fourth-order valence-electron chi connectivity index (χ4n) is 2.13. The van der Waals surface area contributed by atoms with Crippen LogP contribution >= 0.6 is 11.8 Å². The van der Waals surface area contributed by atoms with Crippen LogP contribution in [-0.4, -0.2) is 39.5 Å². The standard InChI is InChI=1S/C16H20FN3O2S/c1-3-13(21)8-9-18-15(22)14-10-19-16(23-2)20(14)12-6-4-11(17)5-7-12/h4-7,10,13,21H,3,8-9H2,1-2H3,(H,18,22). The van der Waals surface area contributed by atoms with Gasteiger partial charge in [0.2, 0.25) is 0 Å². The van der Waals surface area contributed by atoms with Crippen molar-refractivity contribution in [3.63, 3.8) is 0 Å². The van der Waals surface area contributed by atoms with Crippen LogP contribution < -0.4 is 5.32 Å². The quantitative estimate of drug-likeness (QED) is 0.762. The highest BCUT2D eigenvalue weighted by Crippen LogP contribution is 2.22. The molecular weight excluding hydrogens is 317 g/mol. The third-order valence-electron chi connectivity index (χ3n) is 3.46. The van der Waals surface area contributed by atoms with Crippen molar-refractivity contribution in [2.75, 3.05) is 12.8 Å². The van der Waals surface area contributed by atoms with Gasteiger partial charge in [0.15, 0.2) is 5.16 Å². The summed E-state index contributed by atoms with van der Waals surface area (Å²) in [6.45, 7) is 2.28. The van der Waals surface area contributed by atoms with E-state index < -0.39 is 6.10 Å². The number of hydrogen-bond acceptors (Lipinski definition) is 4. The number of carbonyl (C=O) groups is 1. The molecule has 1 unspecified atom stereocenters. The molecule has 0 spiro atoms. The number of hydrogen-bond donors (Lipinski definition) is 2. The molecular formula is C16H20FN3O2S. The summed E-state index contributed by atoms with van der Waals surface area (Å²) >= 11 is 1.40. The van der Waals surface area contributed by atoms with Crippen molar-refractivity contribution >= 4 is 17.7 Å². The first-order chi connectivity index (χ1) is 11.1. The minimum Gasteiger partial charge on any atom is -0.393 e. The van der Waals surface area contributed by atoms with Crippen molar-refractivity contribution < 1.29 is 14.3 Å². The van der Waals surface area contributed by atoms with E-state index in [1.807, 2.05) is 13.2 Å². The van der Waals surface area contributed by atoms with Gasteiger partial charge in [-0.05, 0) is 43.4 Å². The lowest BCUT2D eigenvalue weighted by molar-refractivity contribution is 0.0934. The van der Waals surface area contributed by atoms with Crippen molar-refractivity contribution in [1.82, 2.24) is 14.9 Å². The summed E-state index contributed by atoms with van der Waals surface area (Å²) in [5.74, 6) is -0.607.